The number of esters is 1. The first-order valence-corrected chi connectivity index (χ1v) is 5.19. The lowest BCUT2D eigenvalue weighted by Crippen LogP contribution is -2.15. The maximum Gasteiger partial charge on any atom is 0.320 e. The molecule has 2 nitrogen and oxygen atoms in total. The van der Waals surface area contributed by atoms with E-state index in [1.54, 1.807) is 0 Å². The van der Waals surface area contributed by atoms with Crippen molar-refractivity contribution in [2.75, 3.05) is 17.8 Å². The van der Waals surface area contributed by atoms with Crippen molar-refractivity contribution in [2.45, 2.75) is 4.83 Å². The molecule has 0 radical (unpaired) electrons. The maximum absolute atomic E-state index is 10.4. The van der Waals surface area contributed by atoms with Gasteiger partial charge in [-0.2, -0.15) is 0 Å². The van der Waals surface area contributed by atoms with Crippen molar-refractivity contribution < 1.29 is 9.53 Å². The molecule has 0 aliphatic carbocycles. The summed E-state index contributed by atoms with van der Waals surface area (Å²) in [7, 11) is 0. The molecule has 0 aliphatic heterocycles. The zero-order valence-electron chi connectivity index (χ0n) is 5.15. The van der Waals surface area contributed by atoms with Crippen LogP contribution in [-0.2, 0) is 9.53 Å². The molecule has 0 spiro atoms. The topological polar surface area (TPSA) is 26.3 Å². The van der Waals surface area contributed by atoms with E-state index >= 15 is 0 Å². The molecule has 1 atom stereocenters. The Labute approximate surface area is 81.5 Å². The Kier molecular flexibility index (Phi) is 6.89. The number of carbonyl (C=O) groups excluding carboxylic acids is 1. The van der Waals surface area contributed by atoms with E-state index in [1.165, 1.54) is 0 Å². The lowest BCUT2D eigenvalue weighted by atomic mass is 10.5. The molecule has 0 saturated carbocycles. The maximum atomic E-state index is 10.4. The molecule has 0 heterocycles. The van der Waals surface area contributed by atoms with Gasteiger partial charge in [-0.15, -0.1) is 11.6 Å². The Morgan fingerprint density at radius 3 is 2.70 bits per heavy atom. The van der Waals surface area contributed by atoms with Gasteiger partial charge in [0.2, 0.25) is 0 Å². The first-order valence-electron chi connectivity index (χ1n) is 2.62. The van der Waals surface area contributed by atoms with Gasteiger partial charge in [0.25, 0.3) is 0 Å². The fourth-order valence-corrected chi connectivity index (χ4v) is 0.663. The number of rotatable bonds is 4. The van der Waals surface area contributed by atoms with Gasteiger partial charge in [0.15, 0.2) is 0 Å². The predicted octanol–water partition coefficient (Wildman–Crippen LogP) is 1.93. The van der Waals surface area contributed by atoms with Crippen molar-refractivity contribution in [1.82, 2.24) is 0 Å². The van der Waals surface area contributed by atoms with Crippen molar-refractivity contribution in [2.24, 2.45) is 0 Å². The Bertz CT molecular complexity index is 110. The second kappa shape index (κ2) is 6.43. The van der Waals surface area contributed by atoms with E-state index in [0.29, 0.717) is 6.61 Å². The Hall–Kier alpha value is 0.720. The standard InChI is InChI=1S/C5H7Br2ClO2/c6-1-4(7)3-10-5(9)2-8/h4H,1-3H2/t4-/m0/s1. The van der Waals surface area contributed by atoms with Crippen LogP contribution in [0.15, 0.2) is 0 Å². The van der Waals surface area contributed by atoms with Gasteiger partial charge in [0.1, 0.15) is 12.5 Å². The largest absolute Gasteiger partial charge is 0.464 e. The third-order valence-corrected chi connectivity index (χ3v) is 3.16. The van der Waals surface area contributed by atoms with Crippen LogP contribution in [0.1, 0.15) is 0 Å². The van der Waals surface area contributed by atoms with Gasteiger partial charge in [-0.3, -0.25) is 4.79 Å². The molecule has 0 aromatic rings. The van der Waals surface area contributed by atoms with Crippen LogP contribution in [0.25, 0.3) is 0 Å². The second-order valence-corrected chi connectivity index (χ2v) is 3.78. The van der Waals surface area contributed by atoms with Crippen molar-refractivity contribution >= 4 is 49.4 Å². The molecule has 60 valence electrons. The number of hydrogen-bond acceptors (Lipinski definition) is 2. The van der Waals surface area contributed by atoms with Crippen LogP contribution in [0.3, 0.4) is 0 Å². The van der Waals surface area contributed by atoms with Gasteiger partial charge in [0, 0.05) is 5.33 Å². The molecule has 0 N–H and O–H groups in total. The molecule has 0 fully saturated rings. The van der Waals surface area contributed by atoms with Gasteiger partial charge < -0.3 is 4.74 Å². The third-order valence-electron chi connectivity index (χ3n) is 0.702. The summed E-state index contributed by atoms with van der Waals surface area (Å²) >= 11 is 11.7. The van der Waals surface area contributed by atoms with E-state index in [2.05, 4.69) is 31.9 Å². The molecule has 0 rings (SSSR count). The summed E-state index contributed by atoms with van der Waals surface area (Å²) in [5.74, 6) is -0.464. The van der Waals surface area contributed by atoms with Crippen LogP contribution in [0.5, 0.6) is 0 Å². The summed E-state index contributed by atoms with van der Waals surface area (Å²) in [6.45, 7) is 0.358. The van der Waals surface area contributed by atoms with Gasteiger partial charge in [0.05, 0.1) is 4.83 Å². The molecular formula is C5H7Br2ClO2. The fraction of sp³-hybridized carbons (Fsp3) is 0.800. The van der Waals surface area contributed by atoms with Gasteiger partial charge in [-0.1, -0.05) is 31.9 Å². The van der Waals surface area contributed by atoms with Gasteiger partial charge >= 0.3 is 5.97 Å². The van der Waals surface area contributed by atoms with Crippen LogP contribution in [0.4, 0.5) is 0 Å². The summed E-state index contributed by atoms with van der Waals surface area (Å²) < 4.78 is 4.70. The molecule has 0 bridgehead atoms. The van der Waals surface area contributed by atoms with Crippen LogP contribution in [-0.4, -0.2) is 28.6 Å². The molecule has 5 heteroatoms. The summed E-state index contributed by atoms with van der Waals surface area (Å²) in [6.07, 6.45) is 0. The van der Waals surface area contributed by atoms with E-state index in [0.717, 1.165) is 5.33 Å². The highest BCUT2D eigenvalue weighted by atomic mass is 79.9. The third kappa shape index (κ3) is 5.50. The van der Waals surface area contributed by atoms with Crippen LogP contribution < -0.4 is 0 Å². The summed E-state index contributed by atoms with van der Waals surface area (Å²) in [4.78, 5) is 10.6. The van der Waals surface area contributed by atoms with Crippen molar-refractivity contribution in [1.29, 1.82) is 0 Å². The minimum absolute atomic E-state index is 0.0813. The van der Waals surface area contributed by atoms with Crippen molar-refractivity contribution in [3.05, 3.63) is 0 Å². The Balaban J connectivity index is 3.26. The van der Waals surface area contributed by atoms with E-state index in [-0.39, 0.29) is 16.7 Å². The van der Waals surface area contributed by atoms with E-state index in [9.17, 15) is 4.79 Å². The van der Waals surface area contributed by atoms with E-state index in [4.69, 9.17) is 16.3 Å². The summed E-state index contributed by atoms with van der Waals surface area (Å²) in [5, 5.41) is 0.753. The van der Waals surface area contributed by atoms with Crippen LogP contribution >= 0.6 is 43.5 Å². The normalized spacial score (nSPS) is 12.7. The molecule has 0 aliphatic rings. The average molecular weight is 294 g/mol. The summed E-state index contributed by atoms with van der Waals surface area (Å²) in [6, 6.07) is 0. The quantitative estimate of drug-likeness (QED) is 0.585. The molecule has 0 amide bonds. The molecule has 0 saturated heterocycles. The second-order valence-electron chi connectivity index (χ2n) is 1.57. The monoisotopic (exact) mass is 292 g/mol. The Morgan fingerprint density at radius 2 is 2.30 bits per heavy atom. The van der Waals surface area contributed by atoms with Crippen molar-refractivity contribution in [3.63, 3.8) is 0 Å². The number of alkyl halides is 3. The average Bonchev–Trinajstić information content (AvgIpc) is 1.99. The first kappa shape index (κ1) is 10.7. The smallest absolute Gasteiger partial charge is 0.320 e. The van der Waals surface area contributed by atoms with Crippen molar-refractivity contribution in [3.8, 4) is 0 Å². The lowest BCUT2D eigenvalue weighted by Gasteiger charge is -2.05. The number of hydrogen-bond donors (Lipinski definition) is 0. The highest BCUT2D eigenvalue weighted by molar-refractivity contribution is 9.12. The molecular weight excluding hydrogens is 287 g/mol. The number of carbonyl (C=O) groups is 1. The molecule has 0 aromatic heterocycles. The van der Waals surface area contributed by atoms with Crippen LogP contribution in [0.2, 0.25) is 0 Å². The minimum Gasteiger partial charge on any atom is -0.464 e. The number of ether oxygens (including phenoxy) is 1. The van der Waals surface area contributed by atoms with Gasteiger partial charge in [-0.25, -0.2) is 0 Å². The highest BCUT2D eigenvalue weighted by Crippen LogP contribution is 2.03. The molecule has 0 unspecified atom stereocenters. The highest BCUT2D eigenvalue weighted by Gasteiger charge is 2.05. The fourth-order valence-electron chi connectivity index (χ4n) is 0.266. The zero-order chi connectivity index (χ0) is 7.98. The minimum atomic E-state index is -0.382. The van der Waals surface area contributed by atoms with E-state index < -0.39 is 0 Å². The molecule has 10 heavy (non-hydrogen) atoms. The zero-order valence-corrected chi connectivity index (χ0v) is 9.08. The first-order chi connectivity index (χ1) is 4.70. The van der Waals surface area contributed by atoms with Crippen LogP contribution in [0, 0.1) is 0 Å². The number of halogens is 3. The molecule has 0 aromatic carbocycles. The summed E-state index contributed by atoms with van der Waals surface area (Å²) in [5.41, 5.74) is 0. The lowest BCUT2D eigenvalue weighted by molar-refractivity contribution is -0.140. The SMILES string of the molecule is O=C(CCl)OC[C@@H](Br)CBr. The Morgan fingerprint density at radius 1 is 1.70 bits per heavy atom. The van der Waals surface area contributed by atoms with E-state index in [1.807, 2.05) is 0 Å². The van der Waals surface area contributed by atoms with Gasteiger partial charge in [-0.05, 0) is 0 Å². The predicted molar refractivity (Wildman–Crippen MR) is 48.2 cm³/mol.